The van der Waals surface area contributed by atoms with Crippen LogP contribution in [0.2, 0.25) is 0 Å². The lowest BCUT2D eigenvalue weighted by Crippen LogP contribution is -2.11. The molecule has 0 saturated carbocycles. The minimum Gasteiger partial charge on any atom is -0.481 e. The minimum absolute atomic E-state index is 0.252. The zero-order valence-electron chi connectivity index (χ0n) is 7.91. The maximum atomic E-state index is 11.4. The van der Waals surface area contributed by atoms with E-state index in [1.807, 2.05) is 12.1 Å². The molecule has 0 unspecified atom stereocenters. The van der Waals surface area contributed by atoms with E-state index in [1.54, 1.807) is 0 Å². The van der Waals surface area contributed by atoms with Crippen molar-refractivity contribution in [1.82, 2.24) is 10.2 Å². The minimum atomic E-state index is -1.03. The van der Waals surface area contributed by atoms with Gasteiger partial charge in [-0.25, -0.2) is 0 Å². The summed E-state index contributed by atoms with van der Waals surface area (Å²) >= 11 is 4.74. The molecule has 5 nitrogen and oxygen atoms in total. The number of hydrogen-bond donors (Lipinski definition) is 3. The summed E-state index contributed by atoms with van der Waals surface area (Å²) in [4.78, 5) is 22.9. The first kappa shape index (κ1) is 11.2. The summed E-state index contributed by atoms with van der Waals surface area (Å²) in [7, 11) is 0. The second-order valence-corrected chi connectivity index (χ2v) is 5.57. The van der Waals surface area contributed by atoms with Gasteiger partial charge in [-0.3, -0.25) is 19.8 Å². The molecule has 7 heteroatoms. The summed E-state index contributed by atoms with van der Waals surface area (Å²) < 4.78 is 0.922. The molecule has 2 aromatic heterocycles. The molecule has 0 aliphatic carbocycles. The van der Waals surface area contributed by atoms with E-state index in [-0.39, 0.29) is 17.5 Å². The molecular formula is C9H7BrN2O3S. The Morgan fingerprint density at radius 3 is 2.75 bits per heavy atom. The third-order valence-electron chi connectivity index (χ3n) is 2.02. The highest BCUT2D eigenvalue weighted by Gasteiger charge is 2.15. The van der Waals surface area contributed by atoms with Crippen LogP contribution in [0, 0.1) is 0 Å². The number of aliphatic carboxylic acids is 1. The molecule has 0 radical (unpaired) electrons. The topological polar surface area (TPSA) is 85.9 Å². The summed E-state index contributed by atoms with van der Waals surface area (Å²) in [6.45, 7) is 0. The first-order valence-corrected chi connectivity index (χ1v) is 5.96. The van der Waals surface area contributed by atoms with Crippen molar-refractivity contribution in [2.24, 2.45) is 0 Å². The van der Waals surface area contributed by atoms with Crippen LogP contribution in [0.1, 0.15) is 5.56 Å². The number of aromatic nitrogens is 2. The number of carbonyl (C=O) groups is 1. The van der Waals surface area contributed by atoms with Crippen LogP contribution in [0.4, 0.5) is 0 Å². The van der Waals surface area contributed by atoms with Gasteiger partial charge in [-0.15, -0.1) is 11.3 Å². The van der Waals surface area contributed by atoms with Crippen molar-refractivity contribution in [2.75, 3.05) is 0 Å². The fraction of sp³-hybridized carbons (Fsp3) is 0.111. The van der Waals surface area contributed by atoms with Gasteiger partial charge < -0.3 is 5.11 Å². The molecule has 0 amide bonds. The van der Waals surface area contributed by atoms with Gasteiger partial charge in [0.15, 0.2) is 0 Å². The van der Waals surface area contributed by atoms with Gasteiger partial charge in [-0.2, -0.15) is 0 Å². The quantitative estimate of drug-likeness (QED) is 0.808. The van der Waals surface area contributed by atoms with Crippen LogP contribution in [-0.2, 0) is 11.2 Å². The van der Waals surface area contributed by atoms with Crippen LogP contribution in [-0.4, -0.2) is 21.3 Å². The molecule has 0 atom stereocenters. The van der Waals surface area contributed by atoms with Crippen LogP contribution in [0.3, 0.4) is 0 Å². The fourth-order valence-corrected chi connectivity index (χ4v) is 2.78. The molecule has 16 heavy (non-hydrogen) atoms. The van der Waals surface area contributed by atoms with E-state index in [9.17, 15) is 9.59 Å². The molecule has 2 heterocycles. The van der Waals surface area contributed by atoms with Crippen LogP contribution in [0.25, 0.3) is 10.6 Å². The van der Waals surface area contributed by atoms with Crippen LogP contribution >= 0.6 is 27.3 Å². The molecule has 0 fully saturated rings. The molecule has 0 aromatic carbocycles. The lowest BCUT2D eigenvalue weighted by molar-refractivity contribution is -0.136. The Kier molecular flexibility index (Phi) is 2.97. The number of rotatable bonds is 3. The van der Waals surface area contributed by atoms with Crippen molar-refractivity contribution in [2.45, 2.75) is 6.42 Å². The molecule has 0 aliphatic heterocycles. The van der Waals surface area contributed by atoms with Gasteiger partial charge in [0, 0.05) is 0 Å². The number of nitrogens with one attached hydrogen (secondary N) is 2. The number of hydrogen-bond acceptors (Lipinski definition) is 3. The number of carboxylic acids is 1. The van der Waals surface area contributed by atoms with Gasteiger partial charge in [0.2, 0.25) is 0 Å². The molecule has 0 bridgehead atoms. The molecule has 0 spiro atoms. The normalized spacial score (nSPS) is 10.6. The average molecular weight is 303 g/mol. The second-order valence-electron chi connectivity index (χ2n) is 3.11. The summed E-state index contributed by atoms with van der Waals surface area (Å²) in [5, 5.41) is 13.8. The smallest absolute Gasteiger partial charge is 0.308 e. The molecule has 0 saturated heterocycles. The first-order chi connectivity index (χ1) is 7.58. The van der Waals surface area contributed by atoms with Gasteiger partial charge in [0.25, 0.3) is 5.56 Å². The standard InChI is InChI=1S/C9H7BrN2O3S/c10-6-2-1-5(16-6)8-4(3-7(13)14)9(15)12-11-8/h1-2H,3H2,(H,13,14)(H2,11,12,15). The number of H-pyrrole nitrogens is 2. The van der Waals surface area contributed by atoms with Crippen molar-refractivity contribution >= 4 is 33.2 Å². The van der Waals surface area contributed by atoms with Gasteiger partial charge in [-0.05, 0) is 28.1 Å². The number of aromatic amines is 2. The summed E-state index contributed by atoms with van der Waals surface area (Å²) in [6.07, 6.45) is -0.288. The lowest BCUT2D eigenvalue weighted by atomic mass is 10.1. The molecule has 3 N–H and O–H groups in total. The van der Waals surface area contributed by atoms with E-state index in [4.69, 9.17) is 5.11 Å². The van der Waals surface area contributed by atoms with Crippen LogP contribution in [0.15, 0.2) is 20.7 Å². The largest absolute Gasteiger partial charge is 0.481 e. The van der Waals surface area contributed by atoms with Crippen molar-refractivity contribution in [3.05, 3.63) is 31.8 Å². The molecule has 0 aliphatic rings. The Hall–Kier alpha value is -1.34. The summed E-state index contributed by atoms with van der Waals surface area (Å²) in [5.74, 6) is -1.03. The zero-order chi connectivity index (χ0) is 11.7. The van der Waals surface area contributed by atoms with Gasteiger partial charge in [-0.1, -0.05) is 0 Å². The summed E-state index contributed by atoms with van der Waals surface area (Å²) in [6, 6.07) is 3.66. The van der Waals surface area contributed by atoms with Gasteiger partial charge in [0.05, 0.1) is 26.3 Å². The molecule has 2 aromatic rings. The van der Waals surface area contributed by atoms with Gasteiger partial charge in [0.1, 0.15) is 0 Å². The van der Waals surface area contributed by atoms with Crippen molar-refractivity contribution in [3.63, 3.8) is 0 Å². The predicted octanol–water partition coefficient (Wildman–Crippen LogP) is 1.82. The first-order valence-electron chi connectivity index (χ1n) is 4.35. The van der Waals surface area contributed by atoms with Crippen molar-refractivity contribution in [3.8, 4) is 10.6 Å². The van der Waals surface area contributed by atoms with E-state index in [0.29, 0.717) is 5.69 Å². The highest BCUT2D eigenvalue weighted by atomic mass is 79.9. The third-order valence-corrected chi connectivity index (χ3v) is 3.67. The summed E-state index contributed by atoms with van der Waals surface area (Å²) in [5.41, 5.74) is 0.409. The fourth-order valence-electron chi connectivity index (χ4n) is 1.36. The Bertz CT molecular complexity index is 584. The van der Waals surface area contributed by atoms with E-state index in [0.717, 1.165) is 8.66 Å². The molecular weight excluding hydrogens is 296 g/mol. The Balaban J connectivity index is 2.49. The average Bonchev–Trinajstić information content (AvgIpc) is 2.75. The predicted molar refractivity (Wildman–Crippen MR) is 63.8 cm³/mol. The van der Waals surface area contributed by atoms with E-state index in [2.05, 4.69) is 26.1 Å². The Morgan fingerprint density at radius 1 is 1.44 bits per heavy atom. The molecule has 2 rings (SSSR count). The zero-order valence-corrected chi connectivity index (χ0v) is 10.3. The number of halogens is 1. The monoisotopic (exact) mass is 302 g/mol. The Morgan fingerprint density at radius 2 is 2.19 bits per heavy atom. The van der Waals surface area contributed by atoms with Crippen molar-refractivity contribution < 1.29 is 9.90 Å². The van der Waals surface area contributed by atoms with Crippen molar-refractivity contribution in [1.29, 1.82) is 0 Å². The van der Waals surface area contributed by atoms with E-state index in [1.165, 1.54) is 11.3 Å². The molecule has 84 valence electrons. The number of thiophene rings is 1. The SMILES string of the molecule is O=C(O)Cc1c(-c2ccc(Br)s2)[nH][nH]c1=O. The maximum Gasteiger partial charge on any atom is 0.308 e. The van der Waals surface area contributed by atoms with Crippen LogP contribution in [0.5, 0.6) is 0 Å². The van der Waals surface area contributed by atoms with E-state index < -0.39 is 5.97 Å². The van der Waals surface area contributed by atoms with Gasteiger partial charge >= 0.3 is 5.97 Å². The second kappa shape index (κ2) is 4.26. The number of carboxylic acid groups (broad SMARTS) is 1. The van der Waals surface area contributed by atoms with Crippen LogP contribution < -0.4 is 5.56 Å². The van der Waals surface area contributed by atoms with E-state index >= 15 is 0 Å². The Labute approximate surface area is 102 Å². The highest BCUT2D eigenvalue weighted by molar-refractivity contribution is 9.11. The maximum absolute atomic E-state index is 11.4. The third kappa shape index (κ3) is 2.10. The lowest BCUT2D eigenvalue weighted by Gasteiger charge is -1.95. The highest BCUT2D eigenvalue weighted by Crippen LogP contribution is 2.31.